The SMILES string of the molecule is CN1CCC(=C2c3ccccc3CC(=O)c3sccc32)CC1.O=C(O)/C=C/C(=O)O.[H-].[Na+]. The van der Waals surface area contributed by atoms with Gasteiger partial charge in [-0.15, -0.1) is 11.3 Å². The van der Waals surface area contributed by atoms with Gasteiger partial charge in [0.2, 0.25) is 0 Å². The van der Waals surface area contributed by atoms with Crippen LogP contribution in [0.2, 0.25) is 0 Å². The van der Waals surface area contributed by atoms with E-state index in [1.54, 1.807) is 11.3 Å². The molecule has 1 aromatic carbocycles. The van der Waals surface area contributed by atoms with E-state index in [1.165, 1.54) is 27.8 Å². The van der Waals surface area contributed by atoms with Crippen LogP contribution < -0.4 is 29.6 Å². The summed E-state index contributed by atoms with van der Waals surface area (Å²) in [5.74, 6) is -2.25. The maximum atomic E-state index is 12.6. The molecule has 1 fully saturated rings. The Kier molecular flexibility index (Phi) is 9.40. The summed E-state index contributed by atoms with van der Waals surface area (Å²) in [6.45, 7) is 2.21. The van der Waals surface area contributed by atoms with Crippen molar-refractivity contribution >= 4 is 34.6 Å². The van der Waals surface area contributed by atoms with E-state index < -0.39 is 11.9 Å². The molecule has 0 saturated carbocycles. The van der Waals surface area contributed by atoms with Crippen molar-refractivity contribution in [1.29, 1.82) is 0 Å². The molecule has 0 bridgehead atoms. The monoisotopic (exact) mass is 449 g/mol. The number of Topliss-reactive ketones (excluding diaryl/α,β-unsaturated/α-hetero) is 1. The topological polar surface area (TPSA) is 94.9 Å². The third-order valence-corrected chi connectivity index (χ3v) is 6.09. The van der Waals surface area contributed by atoms with Crippen LogP contribution in [0.5, 0.6) is 0 Å². The van der Waals surface area contributed by atoms with E-state index in [1.807, 2.05) is 6.07 Å². The van der Waals surface area contributed by atoms with E-state index in [2.05, 4.69) is 41.6 Å². The van der Waals surface area contributed by atoms with Crippen molar-refractivity contribution in [3.8, 4) is 0 Å². The summed E-state index contributed by atoms with van der Waals surface area (Å²) in [6, 6.07) is 10.6. The Morgan fingerprint density at radius 3 is 2.26 bits per heavy atom. The molecule has 1 aliphatic carbocycles. The first-order valence-electron chi connectivity index (χ1n) is 9.60. The second-order valence-corrected chi connectivity index (χ2v) is 8.13. The molecule has 31 heavy (non-hydrogen) atoms. The molecule has 4 rings (SSSR count). The molecule has 158 valence electrons. The fraction of sp³-hybridized carbons (Fsp3) is 0.261. The number of nitrogens with zero attached hydrogens (tertiary/aromatic N) is 1. The molecular formula is C23H24NNaO5S. The van der Waals surface area contributed by atoms with Crippen LogP contribution in [0, 0.1) is 0 Å². The Morgan fingerprint density at radius 2 is 1.65 bits per heavy atom. The Hall–Kier alpha value is -2.03. The Balaban J connectivity index is 0.000000447. The number of carboxylic acids is 2. The smallest absolute Gasteiger partial charge is 1.00 e. The van der Waals surface area contributed by atoms with Crippen molar-refractivity contribution < 1.29 is 55.6 Å². The van der Waals surface area contributed by atoms with Crippen LogP contribution in [0.1, 0.15) is 40.6 Å². The number of hydrogen-bond donors (Lipinski definition) is 2. The van der Waals surface area contributed by atoms with Crippen LogP contribution in [0.3, 0.4) is 0 Å². The van der Waals surface area contributed by atoms with Gasteiger partial charge in [0.25, 0.3) is 0 Å². The molecule has 2 aromatic rings. The van der Waals surface area contributed by atoms with Gasteiger partial charge in [0, 0.05) is 37.2 Å². The molecule has 1 saturated heterocycles. The van der Waals surface area contributed by atoms with Crippen LogP contribution >= 0.6 is 11.3 Å². The minimum Gasteiger partial charge on any atom is -1.00 e. The van der Waals surface area contributed by atoms with Crippen LogP contribution in [-0.4, -0.2) is 53.0 Å². The number of carboxylic acid groups (broad SMARTS) is 2. The van der Waals surface area contributed by atoms with Gasteiger partial charge in [-0.1, -0.05) is 29.8 Å². The molecule has 8 heteroatoms. The maximum Gasteiger partial charge on any atom is 1.00 e. The molecule has 0 radical (unpaired) electrons. The Morgan fingerprint density at radius 1 is 1.03 bits per heavy atom. The van der Waals surface area contributed by atoms with E-state index in [4.69, 9.17) is 10.2 Å². The van der Waals surface area contributed by atoms with Crippen molar-refractivity contribution in [3.05, 3.63) is 75.0 Å². The molecule has 6 nitrogen and oxygen atoms in total. The predicted octanol–water partition coefficient (Wildman–Crippen LogP) is 0.843. The molecule has 0 atom stereocenters. The predicted molar refractivity (Wildman–Crippen MR) is 117 cm³/mol. The van der Waals surface area contributed by atoms with E-state index in [0.717, 1.165) is 30.8 Å². The van der Waals surface area contributed by atoms with E-state index in [9.17, 15) is 14.4 Å². The Bertz CT molecular complexity index is 1020. The number of thiophene rings is 1. The summed E-state index contributed by atoms with van der Waals surface area (Å²) >= 11 is 1.59. The molecule has 2 aliphatic rings. The van der Waals surface area contributed by atoms with Gasteiger partial charge in [-0.3, -0.25) is 4.79 Å². The Labute approximate surface area is 208 Å². The van der Waals surface area contributed by atoms with Crippen LogP contribution in [0.4, 0.5) is 0 Å². The second-order valence-electron chi connectivity index (χ2n) is 7.21. The van der Waals surface area contributed by atoms with Crippen molar-refractivity contribution in [3.63, 3.8) is 0 Å². The third kappa shape index (κ3) is 6.48. The minimum atomic E-state index is -1.26. The van der Waals surface area contributed by atoms with Gasteiger partial charge in [-0.2, -0.15) is 0 Å². The summed E-state index contributed by atoms with van der Waals surface area (Å²) in [5, 5.41) is 17.7. The molecular weight excluding hydrogens is 425 g/mol. The van der Waals surface area contributed by atoms with Crippen molar-refractivity contribution in [1.82, 2.24) is 4.90 Å². The molecule has 1 aliphatic heterocycles. The number of carbonyl (C=O) groups is 3. The van der Waals surface area contributed by atoms with Crippen LogP contribution in [0.15, 0.2) is 53.4 Å². The number of likely N-dealkylation sites (tertiary alicyclic amines) is 1. The minimum absolute atomic E-state index is 0. The largest absolute Gasteiger partial charge is 1.00 e. The van der Waals surface area contributed by atoms with Gasteiger partial charge < -0.3 is 16.5 Å². The van der Waals surface area contributed by atoms with Crippen molar-refractivity contribution in [2.45, 2.75) is 19.3 Å². The zero-order valence-corrected chi connectivity index (χ0v) is 20.4. The average Bonchev–Trinajstić information content (AvgIpc) is 3.15. The summed E-state index contributed by atoms with van der Waals surface area (Å²) in [7, 11) is 2.18. The summed E-state index contributed by atoms with van der Waals surface area (Å²) in [4.78, 5) is 35.0. The van der Waals surface area contributed by atoms with Gasteiger partial charge in [0.15, 0.2) is 5.78 Å². The molecule has 0 unspecified atom stereocenters. The maximum absolute atomic E-state index is 12.6. The molecule has 1 aromatic heterocycles. The van der Waals surface area contributed by atoms with Crippen LogP contribution in [-0.2, 0) is 16.0 Å². The fourth-order valence-corrected chi connectivity index (χ4v) is 4.54. The van der Waals surface area contributed by atoms with E-state index in [0.29, 0.717) is 18.6 Å². The first-order chi connectivity index (χ1) is 14.4. The standard InChI is InChI=1S/C19H19NOS.C4H4O4.Na.H/c1-20-9-6-13(7-10-20)18-15-5-3-2-4-14(15)12-17(21)19-16(18)8-11-22-19;5-3(6)1-2-4(7)8;;/h2-5,8,11H,6-7,9-10,12H2,1H3;1-2H,(H,5,6)(H,7,8);;/q;;+1;-1/b;2-1+;;. The quantitative estimate of drug-likeness (QED) is 0.521. The number of fused-ring (bicyclic) bond motifs is 2. The second kappa shape index (κ2) is 11.5. The molecule has 2 heterocycles. The molecule has 2 N–H and O–H groups in total. The molecule has 0 spiro atoms. The average molecular weight is 450 g/mol. The number of carbonyl (C=O) groups excluding carboxylic acids is 1. The van der Waals surface area contributed by atoms with Gasteiger partial charge >= 0.3 is 41.5 Å². The first kappa shape index (κ1) is 25.2. The number of hydrogen-bond acceptors (Lipinski definition) is 5. The number of aliphatic carboxylic acids is 2. The van der Waals surface area contributed by atoms with Crippen molar-refractivity contribution in [2.75, 3.05) is 20.1 Å². The normalized spacial score (nSPS) is 15.8. The van der Waals surface area contributed by atoms with E-state index in [-0.39, 0.29) is 36.8 Å². The van der Waals surface area contributed by atoms with E-state index >= 15 is 0 Å². The van der Waals surface area contributed by atoms with Gasteiger partial charge in [-0.25, -0.2) is 9.59 Å². The summed E-state index contributed by atoms with van der Waals surface area (Å²) in [6.07, 6.45) is 3.85. The van der Waals surface area contributed by atoms with Gasteiger partial charge in [0.05, 0.1) is 4.88 Å². The summed E-state index contributed by atoms with van der Waals surface area (Å²) in [5.41, 5.74) is 6.47. The first-order valence-corrected chi connectivity index (χ1v) is 10.5. The fourth-order valence-electron chi connectivity index (χ4n) is 3.70. The third-order valence-electron chi connectivity index (χ3n) is 5.14. The van der Waals surface area contributed by atoms with Crippen LogP contribution in [0.25, 0.3) is 5.57 Å². The number of rotatable bonds is 2. The molecule has 0 amide bonds. The summed E-state index contributed by atoms with van der Waals surface area (Å²) < 4.78 is 0. The van der Waals surface area contributed by atoms with Gasteiger partial charge in [0.1, 0.15) is 0 Å². The number of ketones is 1. The number of benzene rings is 1. The zero-order chi connectivity index (χ0) is 21.7. The van der Waals surface area contributed by atoms with Gasteiger partial charge in [-0.05, 0) is 48.0 Å². The van der Waals surface area contributed by atoms with Crippen molar-refractivity contribution in [2.24, 2.45) is 0 Å². The zero-order valence-electron chi connectivity index (χ0n) is 18.6. The number of piperidine rings is 1.